The monoisotopic (exact) mass is 415 g/mol. The fourth-order valence-electron chi connectivity index (χ4n) is 4.09. The average molecular weight is 416 g/mol. The normalized spacial score (nSPS) is 23.4. The number of benzene rings is 1. The molecule has 30 heavy (non-hydrogen) atoms. The zero-order valence-corrected chi connectivity index (χ0v) is 18.7. The number of methoxy groups -OCH3 is 1. The molecule has 2 aliphatic rings. The Morgan fingerprint density at radius 1 is 1.13 bits per heavy atom. The number of likely N-dealkylation sites (N-methyl/N-ethyl adjacent to an activating group) is 1. The van der Waals surface area contributed by atoms with Gasteiger partial charge in [-0.3, -0.25) is 9.69 Å². The molecule has 166 valence electrons. The van der Waals surface area contributed by atoms with Crippen LogP contribution >= 0.6 is 0 Å². The van der Waals surface area contributed by atoms with E-state index in [1.54, 1.807) is 13.2 Å². The Morgan fingerprint density at radius 3 is 2.57 bits per heavy atom. The van der Waals surface area contributed by atoms with E-state index in [1.807, 2.05) is 24.3 Å². The Bertz CT molecular complexity index is 706. The van der Waals surface area contributed by atoms with Crippen molar-refractivity contribution in [1.29, 1.82) is 0 Å². The average Bonchev–Trinajstić information content (AvgIpc) is 2.76. The van der Waals surface area contributed by atoms with E-state index in [9.17, 15) is 4.79 Å². The highest BCUT2D eigenvalue weighted by atomic mass is 16.5. The number of nitrogens with zero attached hydrogens (tertiary/aromatic N) is 2. The molecule has 1 aliphatic carbocycles. The minimum absolute atomic E-state index is 0.0268. The van der Waals surface area contributed by atoms with Gasteiger partial charge in [0.2, 0.25) is 5.91 Å². The van der Waals surface area contributed by atoms with Crippen molar-refractivity contribution in [2.24, 2.45) is 5.92 Å². The Hall–Kier alpha value is -2.05. The number of hydrogen-bond donors (Lipinski definition) is 1. The Labute approximate surface area is 181 Å². The summed E-state index contributed by atoms with van der Waals surface area (Å²) in [6.07, 6.45) is 7.99. The van der Waals surface area contributed by atoms with Crippen molar-refractivity contribution in [3.8, 4) is 11.5 Å². The molecule has 0 radical (unpaired) electrons. The third kappa shape index (κ3) is 7.03. The molecule has 0 aromatic heterocycles. The van der Waals surface area contributed by atoms with Crippen LogP contribution in [0.5, 0.6) is 11.5 Å². The van der Waals surface area contributed by atoms with Crippen LogP contribution in [-0.2, 0) is 4.79 Å². The summed E-state index contributed by atoms with van der Waals surface area (Å²) in [6, 6.07) is 6.10. The van der Waals surface area contributed by atoms with Crippen molar-refractivity contribution in [2.45, 2.75) is 38.6 Å². The minimum atomic E-state index is -0.0268. The molecule has 1 aromatic rings. The number of carbonyl (C=O) groups excluding carboxylic acids is 1. The highest BCUT2D eigenvalue weighted by Gasteiger charge is 2.19. The maximum absolute atomic E-state index is 12.2. The lowest BCUT2D eigenvalue weighted by molar-refractivity contribution is -0.117. The molecular formula is C24H37N3O3. The lowest BCUT2D eigenvalue weighted by atomic mass is 9.87. The van der Waals surface area contributed by atoms with Gasteiger partial charge >= 0.3 is 0 Å². The van der Waals surface area contributed by atoms with Crippen molar-refractivity contribution < 1.29 is 14.3 Å². The molecule has 0 spiro atoms. The second-order valence-electron chi connectivity index (χ2n) is 8.70. The molecule has 6 nitrogen and oxygen atoms in total. The van der Waals surface area contributed by atoms with E-state index in [-0.39, 0.29) is 5.91 Å². The second kappa shape index (κ2) is 11.4. The second-order valence-corrected chi connectivity index (χ2v) is 8.70. The molecular weight excluding hydrogens is 378 g/mol. The first-order valence-corrected chi connectivity index (χ1v) is 11.2. The molecule has 1 amide bonds. The van der Waals surface area contributed by atoms with E-state index in [4.69, 9.17) is 9.47 Å². The van der Waals surface area contributed by atoms with Crippen molar-refractivity contribution in [2.75, 3.05) is 53.5 Å². The Balaban J connectivity index is 1.47. The standard InChI is InChI=1S/C24H37N3O3/c1-19-4-8-21(9-5-19)25-24(28)11-7-20-6-10-22(23(18-20)29-3)30-17-16-27-14-12-26(2)13-15-27/h6-7,10-11,18-19,21H,4-5,8-9,12-17H2,1-3H3,(H,25,28). The van der Waals surface area contributed by atoms with Gasteiger partial charge in [0.15, 0.2) is 11.5 Å². The third-order valence-corrected chi connectivity index (χ3v) is 6.24. The van der Waals surface area contributed by atoms with E-state index in [0.29, 0.717) is 18.4 Å². The van der Waals surface area contributed by atoms with Gasteiger partial charge in [-0.15, -0.1) is 0 Å². The lowest BCUT2D eigenvalue weighted by Gasteiger charge is -2.32. The van der Waals surface area contributed by atoms with Gasteiger partial charge in [0.05, 0.1) is 7.11 Å². The SMILES string of the molecule is COc1cc(C=CC(=O)NC2CCC(C)CC2)ccc1OCCN1CCN(C)CC1. The fourth-order valence-corrected chi connectivity index (χ4v) is 4.09. The molecule has 0 bridgehead atoms. The van der Waals surface area contributed by atoms with Crippen LogP contribution in [0.1, 0.15) is 38.2 Å². The molecule has 1 N–H and O–H groups in total. The highest BCUT2D eigenvalue weighted by molar-refractivity contribution is 5.92. The predicted octanol–water partition coefficient (Wildman–Crippen LogP) is 3.03. The first-order chi connectivity index (χ1) is 14.5. The van der Waals surface area contributed by atoms with Crippen LogP contribution in [-0.4, -0.2) is 75.2 Å². The van der Waals surface area contributed by atoms with Crippen LogP contribution in [0.4, 0.5) is 0 Å². The molecule has 1 heterocycles. The van der Waals surface area contributed by atoms with Crippen LogP contribution in [0.25, 0.3) is 6.08 Å². The van der Waals surface area contributed by atoms with Gasteiger partial charge in [-0.05, 0) is 62.4 Å². The molecule has 2 fully saturated rings. The number of hydrogen-bond acceptors (Lipinski definition) is 5. The fraction of sp³-hybridized carbons (Fsp3) is 0.625. The summed E-state index contributed by atoms with van der Waals surface area (Å²) in [4.78, 5) is 17.0. The Morgan fingerprint density at radius 2 is 1.87 bits per heavy atom. The number of nitrogens with one attached hydrogen (secondary N) is 1. The van der Waals surface area contributed by atoms with Crippen LogP contribution in [0.15, 0.2) is 24.3 Å². The smallest absolute Gasteiger partial charge is 0.244 e. The molecule has 1 aliphatic heterocycles. The van der Waals surface area contributed by atoms with E-state index in [2.05, 4.69) is 29.1 Å². The Kier molecular flexibility index (Phi) is 8.58. The summed E-state index contributed by atoms with van der Waals surface area (Å²) in [5, 5.41) is 3.12. The summed E-state index contributed by atoms with van der Waals surface area (Å²) in [5.41, 5.74) is 0.922. The first kappa shape index (κ1) is 22.6. The maximum atomic E-state index is 12.2. The van der Waals surface area contributed by atoms with Gasteiger partial charge in [0, 0.05) is 44.8 Å². The molecule has 0 unspecified atom stereocenters. The number of carbonyl (C=O) groups is 1. The molecule has 6 heteroatoms. The van der Waals surface area contributed by atoms with Crippen LogP contribution in [0.3, 0.4) is 0 Å². The number of rotatable bonds is 8. The minimum Gasteiger partial charge on any atom is -0.493 e. The number of amides is 1. The van der Waals surface area contributed by atoms with E-state index >= 15 is 0 Å². The predicted molar refractivity (Wildman–Crippen MR) is 121 cm³/mol. The quantitative estimate of drug-likeness (QED) is 0.662. The number of ether oxygens (including phenoxy) is 2. The largest absolute Gasteiger partial charge is 0.493 e. The van der Waals surface area contributed by atoms with Crippen molar-refractivity contribution in [3.63, 3.8) is 0 Å². The molecule has 1 aromatic carbocycles. The van der Waals surface area contributed by atoms with Crippen molar-refractivity contribution in [3.05, 3.63) is 29.8 Å². The van der Waals surface area contributed by atoms with Gasteiger partial charge in [-0.1, -0.05) is 13.0 Å². The zero-order valence-electron chi connectivity index (χ0n) is 18.7. The van der Waals surface area contributed by atoms with Gasteiger partial charge in [0.25, 0.3) is 0 Å². The van der Waals surface area contributed by atoms with Crippen LogP contribution < -0.4 is 14.8 Å². The first-order valence-electron chi connectivity index (χ1n) is 11.2. The van der Waals surface area contributed by atoms with E-state index in [0.717, 1.165) is 62.8 Å². The van der Waals surface area contributed by atoms with Crippen LogP contribution in [0.2, 0.25) is 0 Å². The highest BCUT2D eigenvalue weighted by Crippen LogP contribution is 2.28. The lowest BCUT2D eigenvalue weighted by Crippen LogP contribution is -2.45. The van der Waals surface area contributed by atoms with Crippen LogP contribution in [0, 0.1) is 5.92 Å². The molecule has 1 saturated carbocycles. The summed E-state index contributed by atoms with van der Waals surface area (Å²) in [7, 11) is 3.81. The van der Waals surface area contributed by atoms with Gasteiger partial charge < -0.3 is 19.7 Å². The summed E-state index contributed by atoms with van der Waals surface area (Å²) >= 11 is 0. The summed E-state index contributed by atoms with van der Waals surface area (Å²) < 4.78 is 11.5. The van der Waals surface area contributed by atoms with Crippen molar-refractivity contribution in [1.82, 2.24) is 15.1 Å². The summed E-state index contributed by atoms with van der Waals surface area (Å²) in [6.45, 7) is 8.22. The van der Waals surface area contributed by atoms with Gasteiger partial charge in [-0.2, -0.15) is 0 Å². The topological polar surface area (TPSA) is 54.0 Å². The summed E-state index contributed by atoms with van der Waals surface area (Å²) in [5.74, 6) is 2.19. The molecule has 1 saturated heterocycles. The third-order valence-electron chi connectivity index (χ3n) is 6.24. The number of piperazine rings is 1. The van der Waals surface area contributed by atoms with Gasteiger partial charge in [-0.25, -0.2) is 0 Å². The van der Waals surface area contributed by atoms with Crippen molar-refractivity contribution >= 4 is 12.0 Å². The van der Waals surface area contributed by atoms with E-state index in [1.165, 1.54) is 12.8 Å². The maximum Gasteiger partial charge on any atom is 0.244 e. The van der Waals surface area contributed by atoms with E-state index < -0.39 is 0 Å². The molecule has 0 atom stereocenters. The zero-order chi connectivity index (χ0) is 21.3. The van der Waals surface area contributed by atoms with Gasteiger partial charge in [0.1, 0.15) is 6.61 Å². The molecule has 3 rings (SSSR count).